The van der Waals surface area contributed by atoms with E-state index in [0.29, 0.717) is 0 Å². The molecular weight excluding hydrogens is 388 g/mol. The van der Waals surface area contributed by atoms with Gasteiger partial charge >= 0.3 is 17.9 Å². The average molecular weight is 433 g/mol. The van der Waals surface area contributed by atoms with Crippen LogP contribution in [0.15, 0.2) is 0 Å². The molecule has 30 heavy (non-hydrogen) atoms. The molecule has 0 aliphatic heterocycles. The molecule has 178 valence electrons. The molecule has 3 unspecified atom stereocenters. The van der Waals surface area contributed by atoms with Crippen molar-refractivity contribution in [1.29, 1.82) is 0 Å². The summed E-state index contributed by atoms with van der Waals surface area (Å²) in [4.78, 5) is 35.9. The number of carbonyl (C=O) groups excluding carboxylic acids is 1. The van der Waals surface area contributed by atoms with Crippen LogP contribution >= 0.6 is 0 Å². The summed E-state index contributed by atoms with van der Waals surface area (Å²) in [5, 5.41) is 19.3. The predicted molar refractivity (Wildman–Crippen MR) is 117 cm³/mol. The van der Waals surface area contributed by atoms with Crippen LogP contribution in [0.2, 0.25) is 0 Å². The zero-order valence-electron chi connectivity index (χ0n) is 20.3. The van der Waals surface area contributed by atoms with Gasteiger partial charge in [0.05, 0.1) is 5.92 Å². The van der Waals surface area contributed by atoms with Crippen molar-refractivity contribution < 1.29 is 29.3 Å². The molecule has 0 aliphatic carbocycles. The molecule has 0 saturated carbocycles. The number of carbonyl (C=O) groups is 3. The van der Waals surface area contributed by atoms with Crippen molar-refractivity contribution in [2.24, 2.45) is 28.4 Å². The van der Waals surface area contributed by atoms with Crippen molar-refractivity contribution in [2.75, 3.05) is 0 Å². The van der Waals surface area contributed by atoms with Gasteiger partial charge in [0.25, 0.3) is 0 Å². The van der Waals surface area contributed by atoms with Gasteiger partial charge in [-0.3, -0.25) is 14.4 Å². The number of carboxylic acids is 2. The minimum absolute atomic E-state index is 0. The molecule has 3 atom stereocenters. The van der Waals surface area contributed by atoms with Gasteiger partial charge in [-0.15, -0.1) is 0 Å². The van der Waals surface area contributed by atoms with E-state index in [1.54, 1.807) is 20.8 Å². The Bertz CT molecular complexity index is 598. The number of nitrogens with two attached hydrogens (primary N) is 1. The van der Waals surface area contributed by atoms with Crippen LogP contribution in [0.4, 0.5) is 0 Å². The quantitative estimate of drug-likeness (QED) is 0.393. The lowest BCUT2D eigenvalue weighted by Gasteiger charge is -2.51. The van der Waals surface area contributed by atoms with E-state index < -0.39 is 51.7 Å². The number of hydrogen-bond donors (Lipinski definition) is 4. The van der Waals surface area contributed by atoms with Gasteiger partial charge in [-0.1, -0.05) is 41.5 Å². The van der Waals surface area contributed by atoms with Crippen LogP contribution < -0.4 is 11.9 Å². The Hall–Kier alpha value is -1.67. The molecule has 0 aromatic rings. The molecule has 0 rings (SSSR count). The third-order valence-corrected chi connectivity index (χ3v) is 5.10. The normalized spacial score (nSPS) is 16.6. The Balaban J connectivity index is 0. The monoisotopic (exact) mass is 432 g/mol. The average Bonchev–Trinajstić information content (AvgIpc) is 2.44. The maximum atomic E-state index is 12.3. The van der Waals surface area contributed by atoms with Crippen molar-refractivity contribution in [3.63, 3.8) is 0 Å². The smallest absolute Gasteiger partial charge is 0.307 e. The molecule has 0 amide bonds. The first kappa shape index (κ1) is 30.5. The second-order valence-corrected chi connectivity index (χ2v) is 11.2. The van der Waals surface area contributed by atoms with E-state index in [2.05, 4.69) is 0 Å². The van der Waals surface area contributed by atoms with Crippen LogP contribution in [0.25, 0.3) is 0 Å². The molecule has 0 aliphatic rings. The highest BCUT2D eigenvalue weighted by Crippen LogP contribution is 2.49. The Kier molecular flexibility index (Phi) is 10.8. The lowest BCUT2D eigenvalue weighted by atomic mass is 9.55. The van der Waals surface area contributed by atoms with Crippen molar-refractivity contribution in [3.05, 3.63) is 0 Å². The molecular formula is C22H44N2O6. The van der Waals surface area contributed by atoms with E-state index in [4.69, 9.17) is 10.5 Å². The second kappa shape index (κ2) is 10.6. The summed E-state index contributed by atoms with van der Waals surface area (Å²) in [7, 11) is 0. The van der Waals surface area contributed by atoms with E-state index in [9.17, 15) is 24.6 Å². The molecule has 8 heteroatoms. The van der Waals surface area contributed by atoms with Gasteiger partial charge in [0.2, 0.25) is 0 Å². The van der Waals surface area contributed by atoms with Gasteiger partial charge in [-0.05, 0) is 50.4 Å². The molecule has 0 radical (unpaired) electrons. The summed E-state index contributed by atoms with van der Waals surface area (Å²) in [6.07, 6.45) is 0.0221. The maximum absolute atomic E-state index is 12.3. The van der Waals surface area contributed by atoms with Crippen molar-refractivity contribution in [1.82, 2.24) is 6.15 Å². The van der Waals surface area contributed by atoms with E-state index >= 15 is 0 Å². The number of esters is 1. The highest BCUT2D eigenvalue weighted by Gasteiger charge is 2.52. The van der Waals surface area contributed by atoms with E-state index in [1.165, 1.54) is 0 Å². The number of ether oxygens (including phenoxy) is 1. The Labute approximate surface area is 181 Å². The molecule has 0 bridgehead atoms. The summed E-state index contributed by atoms with van der Waals surface area (Å²) in [5.74, 6) is -3.79. The fourth-order valence-electron chi connectivity index (χ4n) is 4.21. The topological polar surface area (TPSA) is 162 Å². The Morgan fingerprint density at radius 2 is 1.27 bits per heavy atom. The fraction of sp³-hybridized carbons (Fsp3) is 0.864. The lowest BCUT2D eigenvalue weighted by Crippen LogP contribution is -2.59. The van der Waals surface area contributed by atoms with Crippen LogP contribution in [-0.2, 0) is 19.1 Å². The summed E-state index contributed by atoms with van der Waals surface area (Å²) in [5.41, 5.74) is 3.84. The van der Waals surface area contributed by atoms with Crippen molar-refractivity contribution >= 4 is 17.9 Å². The molecule has 7 N–H and O–H groups in total. The van der Waals surface area contributed by atoms with Crippen LogP contribution in [-0.4, -0.2) is 39.3 Å². The summed E-state index contributed by atoms with van der Waals surface area (Å²) in [6.45, 7) is 16.6. The summed E-state index contributed by atoms with van der Waals surface area (Å²) in [6, 6.07) is 0. The highest BCUT2D eigenvalue weighted by atomic mass is 16.6. The predicted octanol–water partition coefficient (Wildman–Crippen LogP) is 4.24. The minimum Gasteiger partial charge on any atom is -0.481 e. The van der Waals surface area contributed by atoms with Gasteiger partial charge in [0.15, 0.2) is 0 Å². The van der Waals surface area contributed by atoms with Crippen LogP contribution in [0.5, 0.6) is 0 Å². The highest BCUT2D eigenvalue weighted by molar-refractivity contribution is 5.72. The minimum atomic E-state index is -1.16. The first-order chi connectivity index (χ1) is 12.7. The fourth-order valence-corrected chi connectivity index (χ4v) is 4.21. The number of hydrogen-bond acceptors (Lipinski definition) is 6. The van der Waals surface area contributed by atoms with Crippen molar-refractivity contribution in [3.8, 4) is 0 Å². The zero-order valence-corrected chi connectivity index (χ0v) is 20.3. The van der Waals surface area contributed by atoms with Crippen molar-refractivity contribution in [2.45, 2.75) is 99.1 Å². The van der Waals surface area contributed by atoms with Gasteiger partial charge in [-0.2, -0.15) is 0 Å². The molecule has 0 heterocycles. The molecule has 0 fully saturated rings. The Morgan fingerprint density at radius 3 is 1.57 bits per heavy atom. The van der Waals surface area contributed by atoms with E-state index in [1.807, 2.05) is 41.5 Å². The second-order valence-electron chi connectivity index (χ2n) is 11.2. The van der Waals surface area contributed by atoms with Gasteiger partial charge in [0, 0.05) is 18.4 Å². The first-order valence-corrected chi connectivity index (χ1v) is 10.2. The number of aliphatic carboxylic acids is 2. The van der Waals surface area contributed by atoms with Gasteiger partial charge in [-0.25, -0.2) is 0 Å². The maximum Gasteiger partial charge on any atom is 0.307 e. The third-order valence-electron chi connectivity index (χ3n) is 5.10. The third kappa shape index (κ3) is 9.89. The molecule has 8 nitrogen and oxygen atoms in total. The molecule has 0 aromatic heterocycles. The lowest BCUT2D eigenvalue weighted by molar-refractivity contribution is -0.156. The zero-order chi connectivity index (χ0) is 23.4. The number of carboxylic acid groups (broad SMARTS) is 2. The first-order valence-electron chi connectivity index (χ1n) is 10.2. The van der Waals surface area contributed by atoms with Gasteiger partial charge in [0.1, 0.15) is 5.60 Å². The molecule has 0 saturated heterocycles. The summed E-state index contributed by atoms with van der Waals surface area (Å²) >= 11 is 0. The van der Waals surface area contributed by atoms with Crippen LogP contribution in [0.1, 0.15) is 88.0 Å². The number of rotatable bonds is 9. The molecule has 0 aromatic carbocycles. The van der Waals surface area contributed by atoms with Crippen LogP contribution in [0, 0.1) is 22.7 Å². The molecule has 0 spiro atoms. The standard InChI is InChI=1S/C22H41NO6.H3N/c1-19(2,3)16(18(27)28)17(20(4,5)6)22(23,12-10-14(24)25)13-11-15(26)29-21(7,8)9;/h16-17H,10-13,23H2,1-9H3,(H,24,25)(H,27,28);1H3. The largest absolute Gasteiger partial charge is 0.481 e. The van der Waals surface area contributed by atoms with Gasteiger partial charge < -0.3 is 26.8 Å². The van der Waals surface area contributed by atoms with E-state index in [0.717, 1.165) is 0 Å². The van der Waals surface area contributed by atoms with Crippen LogP contribution in [0.3, 0.4) is 0 Å². The summed E-state index contributed by atoms with van der Waals surface area (Å²) < 4.78 is 5.37. The Morgan fingerprint density at radius 1 is 0.833 bits per heavy atom. The SMILES string of the molecule is CC(C)(C)OC(=O)CCC(N)(CCC(=O)O)C(C(C(=O)O)C(C)(C)C)C(C)(C)C.N. The van der Waals surface area contributed by atoms with E-state index in [-0.39, 0.29) is 31.8 Å².